The summed E-state index contributed by atoms with van der Waals surface area (Å²) in [6, 6.07) is 1.99. The Kier molecular flexibility index (Phi) is 4.86. The van der Waals surface area contributed by atoms with Crippen LogP contribution in [-0.2, 0) is 11.3 Å². The minimum absolute atomic E-state index is 0.691. The molecule has 5 heteroatoms. The molecule has 0 amide bonds. The van der Waals surface area contributed by atoms with Gasteiger partial charge in [0, 0.05) is 41.6 Å². The van der Waals surface area contributed by atoms with Gasteiger partial charge in [-0.1, -0.05) is 6.92 Å². The van der Waals surface area contributed by atoms with Crippen LogP contribution in [0.15, 0.2) is 17.5 Å². The molecule has 1 aromatic rings. The van der Waals surface area contributed by atoms with Crippen LogP contribution in [0.5, 0.6) is 0 Å². The first-order valence-electron chi connectivity index (χ1n) is 5.96. The maximum atomic E-state index is 10.5. The summed E-state index contributed by atoms with van der Waals surface area (Å²) in [7, 11) is 0. The Morgan fingerprint density at radius 1 is 1.67 bits per heavy atom. The molecule has 1 aromatic heterocycles. The molecule has 0 spiro atoms. The van der Waals surface area contributed by atoms with Crippen LogP contribution in [0, 0.1) is 0 Å². The third-order valence-electron chi connectivity index (χ3n) is 2.88. The van der Waals surface area contributed by atoms with Gasteiger partial charge in [-0.05, 0) is 23.1 Å². The maximum Gasteiger partial charge on any atom is 0.328 e. The lowest BCUT2D eigenvalue weighted by molar-refractivity contribution is -0.131. The summed E-state index contributed by atoms with van der Waals surface area (Å²) in [4.78, 5) is 14.2. The fourth-order valence-electron chi connectivity index (χ4n) is 2.03. The molecule has 3 nitrogen and oxygen atoms in total. The van der Waals surface area contributed by atoms with E-state index in [-0.39, 0.29) is 0 Å². The third kappa shape index (κ3) is 3.86. The number of nitrogens with zero attached hydrogens (tertiary/aromatic N) is 1. The normalized spacial score (nSPS) is 21.5. The molecule has 1 atom stereocenters. The summed E-state index contributed by atoms with van der Waals surface area (Å²) in [5.41, 5.74) is 1.04. The highest BCUT2D eigenvalue weighted by atomic mass is 32.2. The van der Waals surface area contributed by atoms with Gasteiger partial charge < -0.3 is 5.11 Å². The SMILES string of the molecule is CC1CN(Cc2sccc2/C=C/C(=O)O)CCS1. The molecule has 1 saturated heterocycles. The smallest absolute Gasteiger partial charge is 0.328 e. The number of thioether (sulfide) groups is 1. The van der Waals surface area contributed by atoms with Crippen molar-refractivity contribution >= 4 is 35.1 Å². The van der Waals surface area contributed by atoms with Gasteiger partial charge in [0.15, 0.2) is 0 Å². The summed E-state index contributed by atoms with van der Waals surface area (Å²) in [5, 5.41) is 11.4. The van der Waals surface area contributed by atoms with E-state index in [1.165, 1.54) is 16.7 Å². The standard InChI is InChI=1S/C13H17NO2S2/c1-10-8-14(5-7-17-10)9-12-11(4-6-18-12)2-3-13(15)16/h2-4,6,10H,5,7-9H2,1H3,(H,15,16)/b3-2+. The quantitative estimate of drug-likeness (QED) is 0.863. The average Bonchev–Trinajstić information content (AvgIpc) is 2.74. The summed E-state index contributed by atoms with van der Waals surface area (Å²) in [6.07, 6.45) is 2.90. The van der Waals surface area contributed by atoms with Crippen LogP contribution in [0.4, 0.5) is 0 Å². The van der Waals surface area contributed by atoms with Gasteiger partial charge >= 0.3 is 5.97 Å². The number of carboxylic acid groups (broad SMARTS) is 1. The van der Waals surface area contributed by atoms with E-state index in [1.54, 1.807) is 17.4 Å². The van der Waals surface area contributed by atoms with Crippen molar-refractivity contribution < 1.29 is 9.90 Å². The minimum atomic E-state index is -0.893. The van der Waals surface area contributed by atoms with Crippen molar-refractivity contribution in [3.63, 3.8) is 0 Å². The van der Waals surface area contributed by atoms with Crippen LogP contribution in [0.25, 0.3) is 6.08 Å². The molecule has 1 unspecified atom stereocenters. The van der Waals surface area contributed by atoms with Crippen LogP contribution < -0.4 is 0 Å². The van der Waals surface area contributed by atoms with E-state index in [1.807, 2.05) is 23.2 Å². The summed E-state index contributed by atoms with van der Waals surface area (Å²) >= 11 is 3.73. The van der Waals surface area contributed by atoms with Crippen molar-refractivity contribution in [2.24, 2.45) is 0 Å². The van der Waals surface area contributed by atoms with Crippen molar-refractivity contribution in [2.45, 2.75) is 18.7 Å². The van der Waals surface area contributed by atoms with E-state index in [0.717, 1.165) is 25.2 Å². The molecule has 18 heavy (non-hydrogen) atoms. The first-order chi connectivity index (χ1) is 8.65. The molecule has 0 bridgehead atoms. The first-order valence-corrected chi connectivity index (χ1v) is 7.89. The average molecular weight is 283 g/mol. The number of aliphatic carboxylic acids is 1. The number of hydrogen-bond donors (Lipinski definition) is 1. The number of thiophene rings is 1. The van der Waals surface area contributed by atoms with Crippen molar-refractivity contribution in [2.75, 3.05) is 18.8 Å². The summed E-state index contributed by atoms with van der Waals surface area (Å²) in [6.45, 7) is 5.43. The molecule has 0 aliphatic carbocycles. The Morgan fingerprint density at radius 2 is 2.50 bits per heavy atom. The molecule has 0 saturated carbocycles. The molecule has 2 heterocycles. The van der Waals surface area contributed by atoms with E-state index >= 15 is 0 Å². The van der Waals surface area contributed by atoms with E-state index in [2.05, 4.69) is 11.8 Å². The second-order valence-electron chi connectivity index (χ2n) is 4.39. The molecule has 1 fully saturated rings. The van der Waals surface area contributed by atoms with Crippen LogP contribution in [0.2, 0.25) is 0 Å². The van der Waals surface area contributed by atoms with Crippen LogP contribution >= 0.6 is 23.1 Å². The zero-order chi connectivity index (χ0) is 13.0. The molecular formula is C13H17NO2S2. The zero-order valence-electron chi connectivity index (χ0n) is 10.3. The Labute approximate surface area is 115 Å². The second-order valence-corrected chi connectivity index (χ2v) is 6.93. The first kappa shape index (κ1) is 13.6. The second kappa shape index (κ2) is 6.41. The van der Waals surface area contributed by atoms with E-state index in [4.69, 9.17) is 5.11 Å². The monoisotopic (exact) mass is 283 g/mol. The fraction of sp³-hybridized carbons (Fsp3) is 0.462. The molecule has 0 radical (unpaired) electrons. The fourth-order valence-corrected chi connectivity index (χ4v) is 4.02. The maximum absolute atomic E-state index is 10.5. The Morgan fingerprint density at radius 3 is 3.22 bits per heavy atom. The number of carbonyl (C=O) groups is 1. The summed E-state index contributed by atoms with van der Waals surface area (Å²) < 4.78 is 0. The highest BCUT2D eigenvalue weighted by Gasteiger charge is 2.17. The number of hydrogen-bond acceptors (Lipinski definition) is 4. The van der Waals surface area contributed by atoms with Crippen molar-refractivity contribution in [1.82, 2.24) is 4.90 Å². The van der Waals surface area contributed by atoms with Gasteiger partial charge in [0.25, 0.3) is 0 Å². The molecule has 1 N–H and O–H groups in total. The van der Waals surface area contributed by atoms with Gasteiger partial charge in [0.2, 0.25) is 0 Å². The van der Waals surface area contributed by atoms with E-state index < -0.39 is 5.97 Å². The lowest BCUT2D eigenvalue weighted by atomic mass is 10.2. The van der Waals surface area contributed by atoms with Gasteiger partial charge in [0.05, 0.1) is 0 Å². The predicted molar refractivity (Wildman–Crippen MR) is 78.2 cm³/mol. The van der Waals surface area contributed by atoms with Crippen molar-refractivity contribution in [3.8, 4) is 0 Å². The molecule has 1 aliphatic heterocycles. The third-order valence-corrected chi connectivity index (χ3v) is 4.94. The Bertz CT molecular complexity index is 442. The number of rotatable bonds is 4. The summed E-state index contributed by atoms with van der Waals surface area (Å²) in [5.74, 6) is 0.294. The molecule has 98 valence electrons. The van der Waals surface area contributed by atoms with Gasteiger partial charge in [-0.15, -0.1) is 11.3 Å². The molecular weight excluding hydrogens is 266 g/mol. The van der Waals surface area contributed by atoms with Gasteiger partial charge in [-0.3, -0.25) is 4.90 Å². The van der Waals surface area contributed by atoms with Gasteiger partial charge in [0.1, 0.15) is 0 Å². The zero-order valence-corrected chi connectivity index (χ0v) is 12.0. The van der Waals surface area contributed by atoms with Gasteiger partial charge in [-0.2, -0.15) is 11.8 Å². The van der Waals surface area contributed by atoms with Crippen molar-refractivity contribution in [3.05, 3.63) is 28.0 Å². The van der Waals surface area contributed by atoms with Crippen LogP contribution in [0.3, 0.4) is 0 Å². The molecule has 0 aromatic carbocycles. The van der Waals surface area contributed by atoms with Crippen molar-refractivity contribution in [1.29, 1.82) is 0 Å². The Hall–Kier alpha value is -0.780. The topological polar surface area (TPSA) is 40.5 Å². The highest BCUT2D eigenvalue weighted by molar-refractivity contribution is 7.99. The lowest BCUT2D eigenvalue weighted by Crippen LogP contribution is -2.35. The largest absolute Gasteiger partial charge is 0.478 e. The molecule has 1 aliphatic rings. The van der Waals surface area contributed by atoms with E-state index in [0.29, 0.717) is 5.25 Å². The Balaban J connectivity index is 2.00. The predicted octanol–water partition coefficient (Wildman–Crippen LogP) is 2.78. The van der Waals surface area contributed by atoms with Crippen LogP contribution in [0.1, 0.15) is 17.4 Å². The minimum Gasteiger partial charge on any atom is -0.478 e. The van der Waals surface area contributed by atoms with Gasteiger partial charge in [-0.25, -0.2) is 4.79 Å². The number of carboxylic acids is 1. The van der Waals surface area contributed by atoms with E-state index in [9.17, 15) is 4.79 Å². The molecule has 2 rings (SSSR count). The van der Waals surface area contributed by atoms with Crippen LogP contribution in [-0.4, -0.2) is 40.1 Å². The highest BCUT2D eigenvalue weighted by Crippen LogP contribution is 2.24. The lowest BCUT2D eigenvalue weighted by Gasteiger charge is -2.30.